The fraction of sp³-hybridized carbons (Fsp3) is 0.696. The molecule has 1 aromatic rings. The number of carbonyl (C=O) groups is 1. The van der Waals surface area contributed by atoms with E-state index in [2.05, 4.69) is 0 Å². The van der Waals surface area contributed by atoms with Gasteiger partial charge in [-0.25, -0.2) is 0 Å². The van der Waals surface area contributed by atoms with Crippen LogP contribution in [0.5, 0.6) is 23.0 Å². The van der Waals surface area contributed by atoms with Crippen LogP contribution in [0.15, 0.2) is 6.07 Å². The molecule has 0 radical (unpaired) electrons. The summed E-state index contributed by atoms with van der Waals surface area (Å²) in [6.45, 7) is 23.8. The van der Waals surface area contributed by atoms with E-state index in [1.165, 1.54) is 6.07 Å². The fourth-order valence-electron chi connectivity index (χ4n) is 2.26. The predicted molar refractivity (Wildman–Crippen MR) is 160 cm³/mol. The van der Waals surface area contributed by atoms with Crippen molar-refractivity contribution in [1.82, 2.24) is 0 Å². The van der Waals surface area contributed by atoms with E-state index in [0.717, 1.165) is 0 Å². The average Bonchev–Trinajstić information content (AvgIpc) is 2.58. The Bertz CT molecular complexity index is 957. The van der Waals surface area contributed by atoms with E-state index in [4.69, 9.17) is 35.8 Å². The van der Waals surface area contributed by atoms with Crippen LogP contribution in [0.2, 0.25) is 98.0 Å². The Morgan fingerprint density at radius 1 is 0.595 bits per heavy atom. The summed E-state index contributed by atoms with van der Waals surface area (Å²) >= 11 is -3.56. The molecule has 0 fully saturated rings. The first-order valence-corrected chi connectivity index (χ1v) is 37.2. The van der Waals surface area contributed by atoms with Gasteiger partial charge in [-0.3, -0.25) is 0 Å². The molecule has 1 aromatic carbocycles. The van der Waals surface area contributed by atoms with Crippen molar-refractivity contribution >= 4 is 57.1 Å². The first kappa shape index (κ1) is 34.5. The summed E-state index contributed by atoms with van der Waals surface area (Å²) < 4.78 is 29.9. The van der Waals surface area contributed by atoms with Crippen LogP contribution in [0, 0.1) is 0 Å². The van der Waals surface area contributed by atoms with Crippen molar-refractivity contribution in [2.24, 2.45) is 0 Å². The van der Waals surface area contributed by atoms with Gasteiger partial charge in [0.25, 0.3) is 0 Å². The molecule has 0 aliphatic carbocycles. The van der Waals surface area contributed by atoms with Gasteiger partial charge in [0.15, 0.2) is 0 Å². The van der Waals surface area contributed by atoms with Gasteiger partial charge in [0, 0.05) is 0 Å². The zero-order chi connectivity index (χ0) is 29.3. The van der Waals surface area contributed by atoms with Gasteiger partial charge in [-0.2, -0.15) is 0 Å². The summed E-state index contributed by atoms with van der Waals surface area (Å²) in [4.78, 5) is 39.2. The van der Waals surface area contributed by atoms with Crippen molar-refractivity contribution in [3.8, 4) is 23.0 Å². The van der Waals surface area contributed by atoms with Crippen molar-refractivity contribution in [3.63, 3.8) is 0 Å². The van der Waals surface area contributed by atoms with Crippen LogP contribution < -0.4 is 19.1 Å². The van der Waals surface area contributed by atoms with E-state index in [1.807, 2.05) is 98.0 Å². The molecule has 0 aromatic heterocycles. The molecule has 0 atom stereocenters. The van der Waals surface area contributed by atoms with Crippen LogP contribution in [0.25, 0.3) is 0 Å². The SMILES string of the molecule is C[Si](C)(C)OOc1cc(C(=O)[O][Sb]([CH3])([CH3])([CH3])[CH3])c(O[Si](C)(C)C)c(OO[Si](C)(C)C)c1OO[Si](C)(C)C. The zero-order valence-electron chi connectivity index (χ0n) is 25.7. The van der Waals surface area contributed by atoms with Crippen molar-refractivity contribution < 1.29 is 40.6 Å². The molecule has 0 aliphatic rings. The minimum atomic E-state index is -3.56. The third-order valence-electron chi connectivity index (χ3n) is 3.36. The topological polar surface area (TPSA) is 90.9 Å². The molecule has 0 aliphatic heterocycles. The molecule has 14 heteroatoms. The summed E-state index contributed by atoms with van der Waals surface area (Å²) in [5.74, 6) is -0.112. The normalized spacial score (nSPS) is 14.4. The Kier molecular flexibility index (Phi) is 10.7. The molecule has 37 heavy (non-hydrogen) atoms. The van der Waals surface area contributed by atoms with Gasteiger partial charge in [-0.1, -0.05) is 0 Å². The molecule has 0 saturated carbocycles. The number of benzene rings is 1. The van der Waals surface area contributed by atoms with E-state index in [0.29, 0.717) is 0 Å². The zero-order valence-corrected chi connectivity index (χ0v) is 32.3. The second-order valence-electron chi connectivity index (χ2n) is 14.8. The third-order valence-corrected chi connectivity index (χ3v) is 8.49. The monoisotopic (exact) mass is 702 g/mol. The van der Waals surface area contributed by atoms with Gasteiger partial charge in [-0.15, -0.1) is 0 Å². The molecule has 216 valence electrons. The number of rotatable bonds is 13. The first-order chi connectivity index (χ1) is 16.1. The molecule has 0 unspecified atom stereocenters. The van der Waals surface area contributed by atoms with E-state index in [9.17, 15) is 4.79 Å². The molecule has 0 saturated heterocycles. The Morgan fingerprint density at radius 2 is 1.00 bits per heavy atom. The van der Waals surface area contributed by atoms with Crippen LogP contribution in [0.3, 0.4) is 0 Å². The molecule has 0 spiro atoms. The molecule has 0 bridgehead atoms. The van der Waals surface area contributed by atoms with Crippen molar-refractivity contribution in [3.05, 3.63) is 11.6 Å². The van der Waals surface area contributed by atoms with E-state index in [-0.39, 0.29) is 28.6 Å². The number of carbonyl (C=O) groups excluding carboxylic acids is 1. The quantitative estimate of drug-likeness (QED) is 0.116. The van der Waals surface area contributed by atoms with Gasteiger partial charge >= 0.3 is 230 Å². The fourth-order valence-corrected chi connectivity index (χ4v) is 6.25. The van der Waals surface area contributed by atoms with Crippen molar-refractivity contribution in [2.75, 3.05) is 0 Å². The Hall–Kier alpha value is -0.544. The standard InChI is InChI=1S/C19H38O9Si4.4CH3.Sb/c1-29(2,3)25-16-14(19(20)21)13-15(22-26-30(4,5)6)17(23-27-31(7,8)9)18(16)24-28-32(10,11)12;;;;;/h13H,1-12H3,(H,20,21);4*1H3;/q;;;;;+1/p-1. The molecule has 0 amide bonds. The summed E-state index contributed by atoms with van der Waals surface area (Å²) in [5.41, 5.74) is 0.150. The predicted octanol–water partition coefficient (Wildman–Crippen LogP) is 7.91. The van der Waals surface area contributed by atoms with Crippen LogP contribution >= 0.6 is 0 Å². The molecule has 0 heterocycles. The maximum absolute atomic E-state index is 13.6. The van der Waals surface area contributed by atoms with Crippen LogP contribution in [-0.4, -0.2) is 57.1 Å². The second-order valence-corrected chi connectivity index (χ2v) is 52.4. The summed E-state index contributed by atoms with van der Waals surface area (Å²) in [7, 11) is -8.77. The molecule has 0 N–H and O–H groups in total. The Labute approximate surface area is 229 Å². The first-order valence-electron chi connectivity index (χ1n) is 12.3. The second kappa shape index (κ2) is 11.5. The molecule has 1 rings (SSSR count). The van der Waals surface area contributed by atoms with E-state index < -0.39 is 57.1 Å². The maximum atomic E-state index is 13.6. The summed E-state index contributed by atoms with van der Waals surface area (Å²) in [5, 5.41) is 0. The van der Waals surface area contributed by atoms with E-state index in [1.54, 1.807) is 0 Å². The molecule has 9 nitrogen and oxygen atoms in total. The Balaban J connectivity index is 4.00. The van der Waals surface area contributed by atoms with Crippen molar-refractivity contribution in [1.29, 1.82) is 0 Å². The molecular formula is C23H49O9SbSi4. The van der Waals surface area contributed by atoms with Gasteiger partial charge in [0.2, 0.25) is 0 Å². The van der Waals surface area contributed by atoms with Gasteiger partial charge < -0.3 is 0 Å². The number of hydrogen-bond donors (Lipinski definition) is 0. The summed E-state index contributed by atoms with van der Waals surface area (Å²) in [6.07, 6.45) is 0. The van der Waals surface area contributed by atoms with Gasteiger partial charge in [0.1, 0.15) is 0 Å². The minimum absolute atomic E-state index is 0.0555. The van der Waals surface area contributed by atoms with E-state index >= 15 is 0 Å². The van der Waals surface area contributed by atoms with Crippen LogP contribution in [-0.2, 0) is 16.7 Å². The number of hydrogen-bond acceptors (Lipinski definition) is 9. The third kappa shape index (κ3) is 14.4. The van der Waals surface area contributed by atoms with Crippen molar-refractivity contribution in [2.45, 2.75) is 98.0 Å². The van der Waals surface area contributed by atoms with Gasteiger partial charge in [0.05, 0.1) is 0 Å². The molecular weight excluding hydrogens is 654 g/mol. The average molecular weight is 704 g/mol. The van der Waals surface area contributed by atoms with Gasteiger partial charge in [-0.05, 0) is 0 Å². The summed E-state index contributed by atoms with van der Waals surface area (Å²) in [6, 6.07) is 1.52. The van der Waals surface area contributed by atoms with Crippen LogP contribution in [0.1, 0.15) is 10.4 Å². The Morgan fingerprint density at radius 3 is 1.38 bits per heavy atom. The van der Waals surface area contributed by atoms with Crippen LogP contribution in [0.4, 0.5) is 0 Å².